The number of thioether (sulfide) groups is 1. The topological polar surface area (TPSA) is 72.9 Å². The van der Waals surface area contributed by atoms with E-state index in [2.05, 4.69) is 0 Å². The molecule has 0 aliphatic carbocycles. The first-order valence-corrected chi connectivity index (χ1v) is 11.1. The molecule has 0 spiro atoms. The average Bonchev–Trinajstić information content (AvgIpc) is 3.08. The standard InChI is InChI=1S/C26H20FNO5S/c1-16-7-10-18(11-8-16)25(30)33-22-13-17(9-12-21(22)32-2)14-23-24(29)28(26(31)34-23)15-19-5-3-4-6-20(19)27/h3-14H,15H2,1-2H3/b23-14-. The van der Waals surface area contributed by atoms with Crippen molar-refractivity contribution in [2.45, 2.75) is 13.5 Å². The van der Waals surface area contributed by atoms with Crippen molar-refractivity contribution < 1.29 is 28.2 Å². The third kappa shape index (κ3) is 5.02. The van der Waals surface area contributed by atoms with Gasteiger partial charge in [-0.05, 0) is 60.7 Å². The Hall–Kier alpha value is -3.91. The molecule has 1 saturated heterocycles. The summed E-state index contributed by atoms with van der Waals surface area (Å²) in [5.74, 6) is -1.05. The minimum atomic E-state index is -0.555. The maximum atomic E-state index is 14.0. The smallest absolute Gasteiger partial charge is 0.343 e. The van der Waals surface area contributed by atoms with E-state index in [4.69, 9.17) is 9.47 Å². The number of halogens is 1. The van der Waals surface area contributed by atoms with Crippen LogP contribution in [0.5, 0.6) is 11.5 Å². The number of imide groups is 1. The van der Waals surface area contributed by atoms with Crippen LogP contribution in [0, 0.1) is 12.7 Å². The lowest BCUT2D eigenvalue weighted by molar-refractivity contribution is -0.123. The van der Waals surface area contributed by atoms with E-state index < -0.39 is 22.9 Å². The zero-order valence-corrected chi connectivity index (χ0v) is 19.2. The Kier molecular flexibility index (Phi) is 6.79. The largest absolute Gasteiger partial charge is 0.493 e. The lowest BCUT2D eigenvalue weighted by Gasteiger charge is -2.13. The number of aryl methyl sites for hydroxylation is 1. The van der Waals surface area contributed by atoms with Crippen molar-refractivity contribution in [3.8, 4) is 11.5 Å². The second-order valence-electron chi connectivity index (χ2n) is 7.53. The quantitative estimate of drug-likeness (QED) is 0.262. The Morgan fingerprint density at radius 2 is 1.76 bits per heavy atom. The summed E-state index contributed by atoms with van der Waals surface area (Å²) in [5.41, 5.74) is 2.18. The highest BCUT2D eigenvalue weighted by Gasteiger charge is 2.35. The highest BCUT2D eigenvalue weighted by molar-refractivity contribution is 8.18. The van der Waals surface area contributed by atoms with Gasteiger partial charge in [0.25, 0.3) is 11.1 Å². The fraction of sp³-hybridized carbons (Fsp3) is 0.115. The first-order valence-electron chi connectivity index (χ1n) is 10.3. The number of esters is 1. The van der Waals surface area contributed by atoms with Crippen LogP contribution in [0.15, 0.2) is 71.6 Å². The number of carbonyl (C=O) groups is 3. The summed E-state index contributed by atoms with van der Waals surface area (Å²) in [4.78, 5) is 39.0. The van der Waals surface area contributed by atoms with Gasteiger partial charge in [-0.3, -0.25) is 14.5 Å². The summed E-state index contributed by atoms with van der Waals surface area (Å²) < 4.78 is 24.8. The third-order valence-corrected chi connectivity index (χ3v) is 6.04. The van der Waals surface area contributed by atoms with Crippen molar-refractivity contribution in [1.29, 1.82) is 0 Å². The minimum Gasteiger partial charge on any atom is -0.493 e. The Morgan fingerprint density at radius 1 is 1.03 bits per heavy atom. The molecule has 6 nitrogen and oxygen atoms in total. The van der Waals surface area contributed by atoms with E-state index in [1.54, 1.807) is 42.5 Å². The molecule has 0 radical (unpaired) electrons. The van der Waals surface area contributed by atoms with Crippen LogP contribution in [0.4, 0.5) is 9.18 Å². The number of benzene rings is 3. The van der Waals surface area contributed by atoms with E-state index in [-0.39, 0.29) is 22.8 Å². The molecule has 1 fully saturated rings. The van der Waals surface area contributed by atoms with Crippen LogP contribution in [0.25, 0.3) is 6.08 Å². The monoisotopic (exact) mass is 477 g/mol. The molecule has 8 heteroatoms. The number of nitrogens with zero attached hydrogens (tertiary/aromatic N) is 1. The van der Waals surface area contributed by atoms with Gasteiger partial charge in [0.2, 0.25) is 0 Å². The highest BCUT2D eigenvalue weighted by atomic mass is 32.2. The highest BCUT2D eigenvalue weighted by Crippen LogP contribution is 2.35. The van der Waals surface area contributed by atoms with E-state index in [1.807, 2.05) is 19.1 Å². The fourth-order valence-electron chi connectivity index (χ4n) is 3.30. The van der Waals surface area contributed by atoms with Crippen LogP contribution < -0.4 is 9.47 Å². The van der Waals surface area contributed by atoms with Gasteiger partial charge in [-0.2, -0.15) is 0 Å². The molecule has 1 heterocycles. The van der Waals surface area contributed by atoms with Crippen molar-refractivity contribution in [2.75, 3.05) is 7.11 Å². The number of methoxy groups -OCH3 is 1. The number of hydrogen-bond donors (Lipinski definition) is 0. The average molecular weight is 478 g/mol. The molecule has 3 aromatic rings. The lowest BCUT2D eigenvalue weighted by Crippen LogP contribution is -2.27. The lowest BCUT2D eigenvalue weighted by atomic mass is 10.1. The van der Waals surface area contributed by atoms with Crippen molar-refractivity contribution >= 4 is 35.0 Å². The van der Waals surface area contributed by atoms with Crippen LogP contribution >= 0.6 is 11.8 Å². The summed E-state index contributed by atoms with van der Waals surface area (Å²) in [7, 11) is 1.45. The van der Waals surface area contributed by atoms with Gasteiger partial charge >= 0.3 is 5.97 Å². The SMILES string of the molecule is COc1ccc(/C=C2\SC(=O)N(Cc3ccccc3F)C2=O)cc1OC(=O)c1ccc(C)cc1. The van der Waals surface area contributed by atoms with Gasteiger partial charge in [0.1, 0.15) is 5.82 Å². The zero-order chi connectivity index (χ0) is 24.2. The van der Waals surface area contributed by atoms with Crippen molar-refractivity contribution in [3.05, 3.63) is 99.7 Å². The number of ether oxygens (including phenoxy) is 2. The second-order valence-corrected chi connectivity index (χ2v) is 8.52. The Bertz CT molecular complexity index is 1300. The van der Waals surface area contributed by atoms with Crippen LogP contribution in [0.3, 0.4) is 0 Å². The van der Waals surface area contributed by atoms with E-state index in [9.17, 15) is 18.8 Å². The van der Waals surface area contributed by atoms with Crippen LogP contribution in [-0.2, 0) is 11.3 Å². The maximum Gasteiger partial charge on any atom is 0.343 e. The van der Waals surface area contributed by atoms with Gasteiger partial charge in [-0.15, -0.1) is 0 Å². The summed E-state index contributed by atoms with van der Waals surface area (Å²) >= 11 is 0.767. The molecule has 1 aliphatic heterocycles. The summed E-state index contributed by atoms with van der Waals surface area (Å²) in [6.07, 6.45) is 1.52. The molecular formula is C26H20FNO5S. The van der Waals surface area contributed by atoms with Crippen molar-refractivity contribution in [2.24, 2.45) is 0 Å². The number of carbonyl (C=O) groups excluding carboxylic acids is 3. The molecular weight excluding hydrogens is 457 g/mol. The molecule has 1 aliphatic rings. The Balaban J connectivity index is 1.56. The molecule has 0 unspecified atom stereocenters. The normalized spacial score (nSPS) is 14.6. The van der Waals surface area contributed by atoms with Gasteiger partial charge < -0.3 is 9.47 Å². The van der Waals surface area contributed by atoms with Gasteiger partial charge in [0.05, 0.1) is 24.1 Å². The van der Waals surface area contributed by atoms with Crippen LogP contribution in [0.1, 0.15) is 27.0 Å². The molecule has 0 atom stereocenters. The summed E-state index contributed by atoms with van der Waals surface area (Å²) in [6, 6.07) is 17.8. The third-order valence-electron chi connectivity index (χ3n) is 5.14. The molecule has 172 valence electrons. The first kappa shape index (κ1) is 23.3. The van der Waals surface area contributed by atoms with E-state index >= 15 is 0 Å². The van der Waals surface area contributed by atoms with Gasteiger partial charge in [0.15, 0.2) is 11.5 Å². The van der Waals surface area contributed by atoms with Gasteiger partial charge in [-0.25, -0.2) is 9.18 Å². The summed E-state index contributed by atoms with van der Waals surface area (Å²) in [5, 5.41) is -0.487. The molecule has 0 aromatic heterocycles. The van der Waals surface area contributed by atoms with Crippen molar-refractivity contribution in [1.82, 2.24) is 4.90 Å². The minimum absolute atomic E-state index is 0.156. The fourth-order valence-corrected chi connectivity index (χ4v) is 4.13. The molecule has 4 rings (SSSR count). The molecule has 0 bridgehead atoms. The van der Waals surface area contributed by atoms with Crippen LogP contribution in [-0.4, -0.2) is 29.1 Å². The molecule has 2 amide bonds. The van der Waals surface area contributed by atoms with E-state index in [1.165, 1.54) is 25.3 Å². The van der Waals surface area contributed by atoms with Gasteiger partial charge in [0, 0.05) is 5.56 Å². The van der Waals surface area contributed by atoms with Crippen LogP contribution in [0.2, 0.25) is 0 Å². The molecule has 34 heavy (non-hydrogen) atoms. The molecule has 0 N–H and O–H groups in total. The summed E-state index contributed by atoms with van der Waals surface area (Å²) in [6.45, 7) is 1.76. The zero-order valence-electron chi connectivity index (χ0n) is 18.4. The predicted molar refractivity (Wildman–Crippen MR) is 127 cm³/mol. The first-order chi connectivity index (χ1) is 16.4. The predicted octanol–water partition coefficient (Wildman–Crippen LogP) is 5.60. The molecule has 0 saturated carbocycles. The molecule has 3 aromatic carbocycles. The van der Waals surface area contributed by atoms with E-state index in [0.29, 0.717) is 16.9 Å². The van der Waals surface area contributed by atoms with E-state index in [0.717, 1.165) is 22.2 Å². The second kappa shape index (κ2) is 9.93. The number of hydrogen-bond acceptors (Lipinski definition) is 6. The number of amides is 2. The maximum absolute atomic E-state index is 14.0. The van der Waals surface area contributed by atoms with Gasteiger partial charge in [-0.1, -0.05) is 42.0 Å². The number of rotatable bonds is 6. The van der Waals surface area contributed by atoms with Crippen molar-refractivity contribution in [3.63, 3.8) is 0 Å². The Labute approximate surface area is 200 Å². The Morgan fingerprint density at radius 3 is 2.47 bits per heavy atom.